The zero-order valence-corrected chi connectivity index (χ0v) is 14.5. The fourth-order valence-corrected chi connectivity index (χ4v) is 3.98. The van der Waals surface area contributed by atoms with Crippen LogP contribution in [-0.2, 0) is 0 Å². The Morgan fingerprint density at radius 2 is 1.42 bits per heavy atom. The number of hydrogen-bond acceptors (Lipinski definition) is 2. The predicted molar refractivity (Wildman–Crippen MR) is 104 cm³/mol. The van der Waals surface area contributed by atoms with Gasteiger partial charge in [0.15, 0.2) is 0 Å². The molecule has 0 spiro atoms. The van der Waals surface area contributed by atoms with Crippen LogP contribution in [0.15, 0.2) is 84.9 Å². The maximum absolute atomic E-state index is 6.27. The summed E-state index contributed by atoms with van der Waals surface area (Å²) in [5, 5.41) is 2.43. The summed E-state index contributed by atoms with van der Waals surface area (Å²) in [5.41, 5.74) is 3.52. The van der Waals surface area contributed by atoms with E-state index in [1.807, 2.05) is 24.3 Å². The van der Waals surface area contributed by atoms with Gasteiger partial charge in [-0.2, -0.15) is 0 Å². The van der Waals surface area contributed by atoms with E-state index >= 15 is 0 Å². The third-order valence-corrected chi connectivity index (χ3v) is 5.12. The van der Waals surface area contributed by atoms with E-state index in [4.69, 9.17) is 9.47 Å². The van der Waals surface area contributed by atoms with E-state index in [1.165, 1.54) is 21.9 Å². The van der Waals surface area contributed by atoms with Gasteiger partial charge in [-0.3, -0.25) is 0 Å². The van der Waals surface area contributed by atoms with Crippen molar-refractivity contribution in [1.82, 2.24) is 0 Å². The van der Waals surface area contributed by atoms with Crippen LogP contribution in [0.2, 0.25) is 0 Å². The summed E-state index contributed by atoms with van der Waals surface area (Å²) >= 11 is 0. The minimum Gasteiger partial charge on any atom is -0.496 e. The molecular formula is C24H18O2. The minimum absolute atomic E-state index is 0.0669. The topological polar surface area (TPSA) is 18.5 Å². The average molecular weight is 338 g/mol. The van der Waals surface area contributed by atoms with E-state index < -0.39 is 0 Å². The van der Waals surface area contributed by atoms with E-state index in [-0.39, 0.29) is 5.92 Å². The maximum atomic E-state index is 6.27. The molecule has 126 valence electrons. The lowest BCUT2D eigenvalue weighted by Gasteiger charge is -2.30. The molecular weight excluding hydrogens is 320 g/mol. The molecule has 1 heterocycles. The van der Waals surface area contributed by atoms with Gasteiger partial charge in [0.25, 0.3) is 0 Å². The Balaban J connectivity index is 1.88. The molecule has 2 heteroatoms. The van der Waals surface area contributed by atoms with Crippen LogP contribution in [0.3, 0.4) is 0 Å². The van der Waals surface area contributed by atoms with Crippen LogP contribution in [0, 0.1) is 0 Å². The van der Waals surface area contributed by atoms with Gasteiger partial charge in [-0.15, -0.1) is 0 Å². The second-order valence-electron chi connectivity index (χ2n) is 6.51. The number of methoxy groups -OCH3 is 1. The lowest BCUT2D eigenvalue weighted by atomic mass is 9.80. The van der Waals surface area contributed by atoms with Gasteiger partial charge in [0.05, 0.1) is 7.11 Å². The second-order valence-corrected chi connectivity index (χ2v) is 6.51. The van der Waals surface area contributed by atoms with Crippen molar-refractivity contribution in [2.45, 2.75) is 5.92 Å². The van der Waals surface area contributed by atoms with Crippen LogP contribution < -0.4 is 9.47 Å². The van der Waals surface area contributed by atoms with E-state index in [9.17, 15) is 0 Å². The van der Waals surface area contributed by atoms with Gasteiger partial charge in [-0.1, -0.05) is 66.7 Å². The molecule has 0 bridgehead atoms. The highest BCUT2D eigenvalue weighted by molar-refractivity contribution is 5.90. The molecule has 4 aromatic carbocycles. The van der Waals surface area contributed by atoms with Crippen molar-refractivity contribution < 1.29 is 9.47 Å². The molecule has 0 radical (unpaired) electrons. The van der Waals surface area contributed by atoms with Crippen LogP contribution in [-0.4, -0.2) is 7.11 Å². The Morgan fingerprint density at radius 1 is 0.692 bits per heavy atom. The summed E-state index contributed by atoms with van der Waals surface area (Å²) in [5.74, 6) is 2.79. The number of benzene rings is 4. The van der Waals surface area contributed by atoms with Crippen molar-refractivity contribution in [1.29, 1.82) is 0 Å². The van der Waals surface area contributed by atoms with Crippen molar-refractivity contribution in [2.24, 2.45) is 0 Å². The normalized spacial score (nSPS) is 15.0. The number of para-hydroxylation sites is 2. The van der Waals surface area contributed by atoms with E-state index in [2.05, 4.69) is 60.7 Å². The Bertz CT molecular complexity index is 1110. The van der Waals surface area contributed by atoms with Gasteiger partial charge in [0.1, 0.15) is 17.2 Å². The van der Waals surface area contributed by atoms with Crippen LogP contribution in [0.1, 0.15) is 22.6 Å². The summed E-state index contributed by atoms with van der Waals surface area (Å²) in [4.78, 5) is 0. The first kappa shape index (κ1) is 15.0. The van der Waals surface area contributed by atoms with Gasteiger partial charge in [0.2, 0.25) is 0 Å². The minimum atomic E-state index is 0.0669. The molecule has 0 saturated heterocycles. The fraction of sp³-hybridized carbons (Fsp3) is 0.0833. The molecule has 2 nitrogen and oxygen atoms in total. The standard InChI is InChI=1S/C24H18O2/c1-25-20-12-6-4-10-18(20)23-19-11-5-7-13-21(19)26-22-15-14-16-8-2-3-9-17(16)24(22)23/h2-15,23H,1H3. The Hall–Kier alpha value is -3.26. The van der Waals surface area contributed by atoms with Crippen molar-refractivity contribution >= 4 is 10.8 Å². The fourth-order valence-electron chi connectivity index (χ4n) is 3.98. The third kappa shape index (κ3) is 2.19. The van der Waals surface area contributed by atoms with Crippen molar-refractivity contribution in [3.63, 3.8) is 0 Å². The lowest BCUT2D eigenvalue weighted by molar-refractivity contribution is 0.406. The zero-order chi connectivity index (χ0) is 17.5. The number of hydrogen-bond donors (Lipinski definition) is 0. The van der Waals surface area contributed by atoms with Crippen molar-refractivity contribution in [3.05, 3.63) is 102 Å². The first-order valence-electron chi connectivity index (χ1n) is 8.78. The van der Waals surface area contributed by atoms with Crippen LogP contribution in [0.5, 0.6) is 17.2 Å². The monoisotopic (exact) mass is 338 g/mol. The molecule has 1 aliphatic heterocycles. The molecule has 0 saturated carbocycles. The van der Waals surface area contributed by atoms with Crippen LogP contribution in [0.4, 0.5) is 0 Å². The Morgan fingerprint density at radius 3 is 2.31 bits per heavy atom. The number of rotatable bonds is 2. The number of fused-ring (bicyclic) bond motifs is 4. The smallest absolute Gasteiger partial charge is 0.132 e. The van der Waals surface area contributed by atoms with Gasteiger partial charge < -0.3 is 9.47 Å². The molecule has 0 aromatic heterocycles. The highest BCUT2D eigenvalue weighted by Gasteiger charge is 2.31. The molecule has 5 rings (SSSR count). The molecule has 0 amide bonds. The first-order chi connectivity index (χ1) is 12.9. The Labute approximate surface area is 152 Å². The maximum Gasteiger partial charge on any atom is 0.132 e. The molecule has 0 aliphatic carbocycles. The number of ether oxygens (including phenoxy) is 2. The quantitative estimate of drug-likeness (QED) is 0.385. The summed E-state index contributed by atoms with van der Waals surface area (Å²) in [7, 11) is 1.73. The SMILES string of the molecule is COc1ccccc1C1c2ccccc2Oc2ccc3ccccc3c21. The largest absolute Gasteiger partial charge is 0.496 e. The highest BCUT2D eigenvalue weighted by Crippen LogP contribution is 2.51. The van der Waals surface area contributed by atoms with Gasteiger partial charge in [0, 0.05) is 22.6 Å². The van der Waals surface area contributed by atoms with Crippen LogP contribution >= 0.6 is 0 Å². The van der Waals surface area contributed by atoms with Gasteiger partial charge in [-0.25, -0.2) is 0 Å². The van der Waals surface area contributed by atoms with Crippen molar-refractivity contribution in [3.8, 4) is 17.2 Å². The molecule has 1 aliphatic rings. The highest BCUT2D eigenvalue weighted by atomic mass is 16.5. The van der Waals surface area contributed by atoms with Crippen LogP contribution in [0.25, 0.3) is 10.8 Å². The first-order valence-corrected chi connectivity index (χ1v) is 8.78. The van der Waals surface area contributed by atoms with E-state index in [1.54, 1.807) is 7.11 Å². The third-order valence-electron chi connectivity index (χ3n) is 5.12. The summed E-state index contributed by atoms with van der Waals surface area (Å²) in [6.07, 6.45) is 0. The molecule has 0 fully saturated rings. The molecule has 1 unspecified atom stereocenters. The average Bonchev–Trinajstić information content (AvgIpc) is 2.72. The second kappa shape index (κ2) is 5.92. The molecule has 26 heavy (non-hydrogen) atoms. The predicted octanol–water partition coefficient (Wildman–Crippen LogP) is 6.13. The lowest BCUT2D eigenvalue weighted by Crippen LogP contribution is -2.13. The Kier molecular flexibility index (Phi) is 3.42. The zero-order valence-electron chi connectivity index (χ0n) is 14.5. The summed E-state index contributed by atoms with van der Waals surface area (Å²) < 4.78 is 12.0. The van der Waals surface area contributed by atoms with Crippen molar-refractivity contribution in [2.75, 3.05) is 7.11 Å². The van der Waals surface area contributed by atoms with E-state index in [0.717, 1.165) is 22.8 Å². The molecule has 1 atom stereocenters. The van der Waals surface area contributed by atoms with Gasteiger partial charge >= 0.3 is 0 Å². The summed E-state index contributed by atoms with van der Waals surface area (Å²) in [6.45, 7) is 0. The molecule has 0 N–H and O–H groups in total. The van der Waals surface area contributed by atoms with E-state index in [0.29, 0.717) is 0 Å². The summed E-state index contributed by atoms with van der Waals surface area (Å²) in [6, 6.07) is 29.2. The van der Waals surface area contributed by atoms with Gasteiger partial charge in [-0.05, 0) is 29.0 Å². The molecule has 4 aromatic rings.